The predicted octanol–water partition coefficient (Wildman–Crippen LogP) is 3.18. The van der Waals surface area contributed by atoms with E-state index in [0.717, 1.165) is 17.8 Å². The highest BCUT2D eigenvalue weighted by Gasteiger charge is 2.35. The highest BCUT2D eigenvalue weighted by Crippen LogP contribution is 2.23. The third-order valence-electron chi connectivity index (χ3n) is 4.13. The monoisotopic (exact) mass is 330 g/mol. The Labute approximate surface area is 141 Å². The molecule has 0 N–H and O–H groups in total. The molecular weight excluding hydrogens is 308 g/mol. The van der Waals surface area contributed by atoms with Crippen molar-refractivity contribution in [3.05, 3.63) is 52.0 Å². The molecule has 1 saturated heterocycles. The van der Waals surface area contributed by atoms with Crippen molar-refractivity contribution in [3.8, 4) is 0 Å². The lowest BCUT2D eigenvalue weighted by atomic mass is 10.0. The third-order valence-corrected chi connectivity index (χ3v) is 5.04. The van der Waals surface area contributed by atoms with Crippen LogP contribution in [0, 0.1) is 0 Å². The fraction of sp³-hybridized carbons (Fsp3) is 0.444. The maximum absolute atomic E-state index is 12.7. The molecule has 1 aromatic heterocycles. The van der Waals surface area contributed by atoms with E-state index in [-0.39, 0.29) is 11.4 Å². The van der Waals surface area contributed by atoms with Crippen LogP contribution in [0.3, 0.4) is 0 Å². The standard InChI is InChI=1S/C18H22N2O2S/c1-18(2)13-22-11-10-20(18)17(21)15-12-23-16(19-15)9-8-14-6-4-3-5-7-14/h3-7,12H,8-11,13H2,1-2H3. The van der Waals surface area contributed by atoms with Crippen molar-refractivity contribution >= 4 is 17.2 Å². The zero-order chi connectivity index (χ0) is 16.3. The van der Waals surface area contributed by atoms with Gasteiger partial charge in [-0.25, -0.2) is 4.98 Å². The summed E-state index contributed by atoms with van der Waals surface area (Å²) in [6, 6.07) is 10.4. The topological polar surface area (TPSA) is 42.4 Å². The molecule has 2 heterocycles. The first-order chi connectivity index (χ1) is 11.1. The molecule has 1 aliphatic heterocycles. The summed E-state index contributed by atoms with van der Waals surface area (Å²) in [6.07, 6.45) is 1.82. The SMILES string of the molecule is CC1(C)COCCN1C(=O)c1csc(CCc2ccccc2)n1. The maximum atomic E-state index is 12.7. The quantitative estimate of drug-likeness (QED) is 0.865. The van der Waals surface area contributed by atoms with Gasteiger partial charge in [-0.2, -0.15) is 0 Å². The van der Waals surface area contributed by atoms with Crippen molar-refractivity contribution in [1.29, 1.82) is 0 Å². The van der Waals surface area contributed by atoms with Crippen LogP contribution in [0.15, 0.2) is 35.7 Å². The minimum Gasteiger partial charge on any atom is -0.377 e. The molecule has 1 aromatic carbocycles. The summed E-state index contributed by atoms with van der Waals surface area (Å²) < 4.78 is 5.48. The molecule has 0 unspecified atom stereocenters. The Hall–Kier alpha value is -1.72. The lowest BCUT2D eigenvalue weighted by molar-refractivity contribution is -0.0372. The van der Waals surface area contributed by atoms with Gasteiger partial charge in [-0.3, -0.25) is 4.79 Å². The van der Waals surface area contributed by atoms with E-state index in [2.05, 4.69) is 17.1 Å². The van der Waals surface area contributed by atoms with Crippen LogP contribution in [-0.2, 0) is 17.6 Å². The molecule has 122 valence electrons. The van der Waals surface area contributed by atoms with Gasteiger partial charge in [0, 0.05) is 18.3 Å². The first-order valence-corrected chi connectivity index (χ1v) is 8.82. The number of hydrogen-bond donors (Lipinski definition) is 0. The van der Waals surface area contributed by atoms with Gasteiger partial charge in [0.15, 0.2) is 0 Å². The van der Waals surface area contributed by atoms with E-state index in [1.165, 1.54) is 5.56 Å². The van der Waals surface area contributed by atoms with Crippen LogP contribution in [0.25, 0.3) is 0 Å². The van der Waals surface area contributed by atoms with Crippen LogP contribution in [-0.4, -0.2) is 41.1 Å². The molecule has 1 aliphatic rings. The Balaban J connectivity index is 1.65. The largest absolute Gasteiger partial charge is 0.377 e. The molecular formula is C18H22N2O2S. The van der Waals surface area contributed by atoms with Gasteiger partial charge in [0.25, 0.3) is 5.91 Å². The van der Waals surface area contributed by atoms with Gasteiger partial charge in [0.1, 0.15) is 5.69 Å². The van der Waals surface area contributed by atoms with E-state index in [9.17, 15) is 4.79 Å². The van der Waals surface area contributed by atoms with Crippen molar-refractivity contribution in [1.82, 2.24) is 9.88 Å². The van der Waals surface area contributed by atoms with Crippen LogP contribution < -0.4 is 0 Å². The number of hydrogen-bond acceptors (Lipinski definition) is 4. The minimum absolute atomic E-state index is 0.0144. The van der Waals surface area contributed by atoms with Crippen molar-refractivity contribution in [2.45, 2.75) is 32.2 Å². The second-order valence-corrected chi connectivity index (χ2v) is 7.38. The number of thiazole rings is 1. The van der Waals surface area contributed by atoms with Gasteiger partial charge in [0.05, 0.1) is 23.8 Å². The van der Waals surface area contributed by atoms with Gasteiger partial charge < -0.3 is 9.64 Å². The number of carbonyl (C=O) groups is 1. The Morgan fingerprint density at radius 1 is 1.30 bits per heavy atom. The molecule has 5 heteroatoms. The molecule has 1 amide bonds. The summed E-state index contributed by atoms with van der Waals surface area (Å²) in [6.45, 7) is 5.87. The van der Waals surface area contributed by atoms with Crippen LogP contribution in [0.4, 0.5) is 0 Å². The molecule has 0 radical (unpaired) electrons. The van der Waals surface area contributed by atoms with Gasteiger partial charge in [-0.1, -0.05) is 30.3 Å². The molecule has 0 aliphatic carbocycles. The summed E-state index contributed by atoms with van der Waals surface area (Å²) >= 11 is 1.57. The maximum Gasteiger partial charge on any atom is 0.273 e. The van der Waals surface area contributed by atoms with E-state index in [1.54, 1.807) is 11.3 Å². The first-order valence-electron chi connectivity index (χ1n) is 7.94. The number of nitrogens with zero attached hydrogens (tertiary/aromatic N) is 2. The molecule has 1 fully saturated rings. The predicted molar refractivity (Wildman–Crippen MR) is 91.9 cm³/mol. The number of morpholine rings is 1. The average molecular weight is 330 g/mol. The second-order valence-electron chi connectivity index (χ2n) is 6.43. The summed E-state index contributed by atoms with van der Waals surface area (Å²) in [5, 5.41) is 2.90. The smallest absolute Gasteiger partial charge is 0.273 e. The Morgan fingerprint density at radius 2 is 2.09 bits per heavy atom. The van der Waals surface area contributed by atoms with Crippen LogP contribution >= 0.6 is 11.3 Å². The van der Waals surface area contributed by atoms with Crippen LogP contribution in [0.1, 0.15) is 34.9 Å². The lowest BCUT2D eigenvalue weighted by Gasteiger charge is -2.41. The Bertz CT molecular complexity index is 667. The van der Waals surface area contributed by atoms with E-state index in [4.69, 9.17) is 4.74 Å². The van der Waals surface area contributed by atoms with E-state index < -0.39 is 0 Å². The zero-order valence-electron chi connectivity index (χ0n) is 13.6. The van der Waals surface area contributed by atoms with Crippen LogP contribution in [0.2, 0.25) is 0 Å². The number of aryl methyl sites for hydroxylation is 2. The van der Waals surface area contributed by atoms with Crippen molar-refractivity contribution < 1.29 is 9.53 Å². The summed E-state index contributed by atoms with van der Waals surface area (Å²) in [4.78, 5) is 19.2. The minimum atomic E-state index is -0.275. The van der Waals surface area contributed by atoms with Crippen molar-refractivity contribution in [2.24, 2.45) is 0 Å². The molecule has 0 atom stereocenters. The molecule has 0 bridgehead atoms. The molecule has 0 spiro atoms. The summed E-state index contributed by atoms with van der Waals surface area (Å²) in [7, 11) is 0. The number of benzene rings is 1. The molecule has 4 nitrogen and oxygen atoms in total. The van der Waals surface area contributed by atoms with Gasteiger partial charge >= 0.3 is 0 Å². The van der Waals surface area contributed by atoms with E-state index >= 15 is 0 Å². The van der Waals surface area contributed by atoms with Crippen molar-refractivity contribution in [3.63, 3.8) is 0 Å². The number of rotatable bonds is 4. The summed E-state index contributed by atoms with van der Waals surface area (Å²) in [5.41, 5.74) is 1.58. The van der Waals surface area contributed by atoms with Gasteiger partial charge in [0.2, 0.25) is 0 Å². The number of aromatic nitrogens is 1. The Morgan fingerprint density at radius 3 is 2.83 bits per heavy atom. The fourth-order valence-electron chi connectivity index (χ4n) is 2.79. The Kier molecular flexibility index (Phi) is 4.78. The normalized spacial score (nSPS) is 17.2. The molecule has 3 rings (SSSR count). The number of amides is 1. The lowest BCUT2D eigenvalue weighted by Crippen LogP contribution is -2.55. The third kappa shape index (κ3) is 3.79. The molecule has 23 heavy (non-hydrogen) atoms. The fourth-order valence-corrected chi connectivity index (χ4v) is 3.57. The average Bonchev–Trinajstić information content (AvgIpc) is 3.02. The number of ether oxygens (including phenoxy) is 1. The highest BCUT2D eigenvalue weighted by molar-refractivity contribution is 7.09. The molecule has 0 saturated carbocycles. The number of carbonyl (C=O) groups excluding carboxylic acids is 1. The molecule has 2 aromatic rings. The van der Waals surface area contributed by atoms with Crippen molar-refractivity contribution in [2.75, 3.05) is 19.8 Å². The second kappa shape index (κ2) is 6.81. The van der Waals surface area contributed by atoms with E-state index in [0.29, 0.717) is 25.5 Å². The van der Waals surface area contributed by atoms with Crippen LogP contribution in [0.5, 0.6) is 0 Å². The van der Waals surface area contributed by atoms with E-state index in [1.807, 2.05) is 42.3 Å². The van der Waals surface area contributed by atoms with Gasteiger partial charge in [-0.15, -0.1) is 11.3 Å². The summed E-state index contributed by atoms with van der Waals surface area (Å²) in [5.74, 6) is 0.0144. The first kappa shape index (κ1) is 16.1. The highest BCUT2D eigenvalue weighted by atomic mass is 32.1. The zero-order valence-corrected chi connectivity index (χ0v) is 14.4. The van der Waals surface area contributed by atoms with Gasteiger partial charge in [-0.05, 0) is 25.8 Å².